The van der Waals surface area contributed by atoms with Crippen LogP contribution in [0.4, 0.5) is 0 Å². The van der Waals surface area contributed by atoms with Crippen molar-refractivity contribution in [1.29, 1.82) is 0 Å². The van der Waals surface area contributed by atoms with Gasteiger partial charge in [-0.1, -0.05) is 71.8 Å². The Labute approximate surface area is 193 Å². The number of fused-ring (bicyclic) bond motifs is 4. The van der Waals surface area contributed by atoms with Gasteiger partial charge in [0.25, 0.3) is 0 Å². The molecule has 0 unspecified atom stereocenters. The lowest BCUT2D eigenvalue weighted by molar-refractivity contribution is -0.0754. The molecule has 1 nitrogen and oxygen atoms in total. The van der Waals surface area contributed by atoms with Crippen molar-refractivity contribution in [1.82, 2.24) is 0 Å². The van der Waals surface area contributed by atoms with E-state index in [9.17, 15) is 5.11 Å². The lowest BCUT2D eigenvalue weighted by Gasteiger charge is -2.61. The van der Waals surface area contributed by atoms with E-state index in [0.717, 1.165) is 30.6 Å². The van der Waals surface area contributed by atoms with Crippen molar-refractivity contribution in [3.63, 3.8) is 0 Å². The maximum absolute atomic E-state index is 10.6. The van der Waals surface area contributed by atoms with E-state index in [0.29, 0.717) is 22.7 Å². The lowest BCUT2D eigenvalue weighted by atomic mass is 9.44. The van der Waals surface area contributed by atoms with Gasteiger partial charge in [0.1, 0.15) is 0 Å². The highest BCUT2D eigenvalue weighted by molar-refractivity contribution is 5.36. The molecule has 0 aromatic heterocycles. The summed E-state index contributed by atoms with van der Waals surface area (Å²) in [6, 6.07) is 0. The van der Waals surface area contributed by atoms with E-state index in [1.165, 1.54) is 56.9 Å². The number of hydrogen-bond acceptors (Lipinski definition) is 1. The minimum Gasteiger partial charge on any atom is -0.393 e. The lowest BCUT2D eigenvalue weighted by Crippen LogP contribution is -2.53. The van der Waals surface area contributed by atoms with Gasteiger partial charge >= 0.3 is 0 Å². The van der Waals surface area contributed by atoms with Crippen molar-refractivity contribution in [2.75, 3.05) is 0 Å². The Morgan fingerprint density at radius 3 is 2.45 bits per heavy atom. The molecule has 176 valence electrons. The molecule has 1 N–H and O–H groups in total. The molecule has 2 saturated carbocycles. The predicted octanol–water partition coefficient (Wildman–Crippen LogP) is 8.34. The van der Waals surface area contributed by atoms with Crippen LogP contribution in [0.15, 0.2) is 23.3 Å². The maximum Gasteiger partial charge on any atom is 0.0548 e. The molecule has 0 amide bonds. The van der Waals surface area contributed by atoms with Gasteiger partial charge in [0.2, 0.25) is 0 Å². The second-order valence-corrected chi connectivity index (χ2v) is 13.5. The molecular formula is C30H50O. The van der Waals surface area contributed by atoms with Crippen LogP contribution >= 0.6 is 0 Å². The Morgan fingerprint density at radius 1 is 1.06 bits per heavy atom. The third-order valence-electron chi connectivity index (χ3n) is 11.5. The topological polar surface area (TPSA) is 20.2 Å². The normalized spacial score (nSPS) is 42.7. The molecule has 1 heteroatoms. The first-order chi connectivity index (χ1) is 14.4. The van der Waals surface area contributed by atoms with E-state index < -0.39 is 0 Å². The number of rotatable bonds is 5. The standard InChI is InChI=1S/C30H50O/c1-19(2)20(3)9-10-21(4)25-13-14-26-24-12-11-22-17-23(31)18-28(5,6)30(22,8)27(24)15-16-29(25,26)7/h19,21-23,25-26,31H,3,9-18H2,1-2,4-8H3/t21-,22+,23-,25-,26+,29-,30+/m1/s1. The summed E-state index contributed by atoms with van der Waals surface area (Å²) in [6.07, 6.45) is 12.6. The van der Waals surface area contributed by atoms with E-state index in [4.69, 9.17) is 0 Å². The van der Waals surface area contributed by atoms with Crippen LogP contribution in [-0.2, 0) is 0 Å². The number of hydrogen-bond donors (Lipinski definition) is 1. The van der Waals surface area contributed by atoms with Gasteiger partial charge < -0.3 is 5.11 Å². The van der Waals surface area contributed by atoms with Crippen molar-refractivity contribution in [2.24, 2.45) is 45.8 Å². The summed E-state index contributed by atoms with van der Waals surface area (Å²) in [6.45, 7) is 21.6. The van der Waals surface area contributed by atoms with Crippen molar-refractivity contribution in [3.05, 3.63) is 23.3 Å². The molecule has 4 rings (SSSR count). The number of allylic oxidation sites excluding steroid dienone is 3. The molecule has 0 bridgehead atoms. The van der Waals surface area contributed by atoms with Gasteiger partial charge in [0, 0.05) is 0 Å². The fourth-order valence-corrected chi connectivity index (χ4v) is 9.11. The van der Waals surface area contributed by atoms with Crippen LogP contribution < -0.4 is 0 Å². The third-order valence-corrected chi connectivity index (χ3v) is 11.5. The molecule has 0 aliphatic heterocycles. The largest absolute Gasteiger partial charge is 0.393 e. The Bertz CT molecular complexity index is 742. The van der Waals surface area contributed by atoms with Crippen LogP contribution in [0.1, 0.15) is 113 Å². The molecule has 0 radical (unpaired) electrons. The smallest absolute Gasteiger partial charge is 0.0548 e. The fraction of sp³-hybridized carbons (Fsp3) is 0.867. The van der Waals surface area contributed by atoms with Crippen molar-refractivity contribution in [2.45, 2.75) is 119 Å². The quantitative estimate of drug-likeness (QED) is 0.438. The highest BCUT2D eigenvalue weighted by atomic mass is 16.3. The number of aliphatic hydroxyl groups is 1. The van der Waals surface area contributed by atoms with Crippen LogP contribution in [0.3, 0.4) is 0 Å². The highest BCUT2D eigenvalue weighted by Crippen LogP contribution is 2.69. The monoisotopic (exact) mass is 426 g/mol. The first-order valence-electron chi connectivity index (χ1n) is 13.5. The van der Waals surface area contributed by atoms with Crippen LogP contribution in [0.5, 0.6) is 0 Å². The first kappa shape index (κ1) is 23.6. The van der Waals surface area contributed by atoms with Crippen molar-refractivity contribution >= 4 is 0 Å². The summed E-state index contributed by atoms with van der Waals surface area (Å²) in [5.41, 5.74) is 6.17. The summed E-state index contributed by atoms with van der Waals surface area (Å²) in [5.74, 6) is 3.79. The Kier molecular flexibility index (Phi) is 6.11. The molecule has 7 atom stereocenters. The van der Waals surface area contributed by atoms with Crippen LogP contribution in [0.2, 0.25) is 0 Å². The minimum absolute atomic E-state index is 0.0959. The second kappa shape index (κ2) is 8.03. The van der Waals surface area contributed by atoms with Gasteiger partial charge in [-0.05, 0) is 110 Å². The average molecular weight is 427 g/mol. The SMILES string of the molecule is C=C(CC[C@@H](C)[C@H]1CC[C@H]2C3=C(CC[C@]12C)[C@]1(C)[C@@H](CC3)C[C@@H](O)CC1(C)C)C(C)C. The molecule has 0 heterocycles. The fourth-order valence-electron chi connectivity index (χ4n) is 9.11. The van der Waals surface area contributed by atoms with Gasteiger partial charge in [0.15, 0.2) is 0 Å². The van der Waals surface area contributed by atoms with Gasteiger partial charge in [0.05, 0.1) is 6.10 Å². The van der Waals surface area contributed by atoms with E-state index in [2.05, 4.69) is 55.0 Å². The second-order valence-electron chi connectivity index (χ2n) is 13.5. The van der Waals surface area contributed by atoms with Crippen molar-refractivity contribution < 1.29 is 5.11 Å². The third kappa shape index (κ3) is 3.60. The highest BCUT2D eigenvalue weighted by Gasteiger charge is 2.59. The molecule has 31 heavy (non-hydrogen) atoms. The zero-order valence-electron chi connectivity index (χ0n) is 21.7. The molecule has 0 aromatic rings. The van der Waals surface area contributed by atoms with Gasteiger partial charge in [-0.3, -0.25) is 0 Å². The average Bonchev–Trinajstić information content (AvgIpc) is 3.03. The summed E-state index contributed by atoms with van der Waals surface area (Å²) < 4.78 is 0. The van der Waals surface area contributed by atoms with Crippen LogP contribution in [-0.4, -0.2) is 11.2 Å². The molecule has 0 saturated heterocycles. The Morgan fingerprint density at radius 2 is 1.77 bits per heavy atom. The predicted molar refractivity (Wildman–Crippen MR) is 133 cm³/mol. The zero-order valence-corrected chi connectivity index (χ0v) is 21.7. The minimum atomic E-state index is -0.0959. The van der Waals surface area contributed by atoms with Crippen LogP contribution in [0.25, 0.3) is 0 Å². The molecule has 4 aliphatic rings. The summed E-state index contributed by atoms with van der Waals surface area (Å²) >= 11 is 0. The van der Waals surface area contributed by atoms with Crippen molar-refractivity contribution in [3.8, 4) is 0 Å². The van der Waals surface area contributed by atoms with E-state index in [1.54, 1.807) is 0 Å². The van der Waals surface area contributed by atoms with Gasteiger partial charge in [-0.15, -0.1) is 0 Å². The van der Waals surface area contributed by atoms with Gasteiger partial charge in [-0.25, -0.2) is 0 Å². The summed E-state index contributed by atoms with van der Waals surface area (Å²) in [7, 11) is 0. The molecular weight excluding hydrogens is 376 g/mol. The Hall–Kier alpha value is -0.560. The van der Waals surface area contributed by atoms with Crippen LogP contribution in [0, 0.1) is 45.8 Å². The molecule has 2 fully saturated rings. The first-order valence-corrected chi connectivity index (χ1v) is 13.5. The van der Waals surface area contributed by atoms with Gasteiger partial charge in [-0.2, -0.15) is 0 Å². The molecule has 0 aromatic carbocycles. The summed E-state index contributed by atoms with van der Waals surface area (Å²) in [4.78, 5) is 0. The maximum atomic E-state index is 10.6. The number of aliphatic hydroxyl groups excluding tert-OH is 1. The zero-order chi connectivity index (χ0) is 22.8. The van der Waals surface area contributed by atoms with E-state index in [-0.39, 0.29) is 11.5 Å². The van der Waals surface area contributed by atoms with E-state index in [1.807, 2.05) is 11.1 Å². The van der Waals surface area contributed by atoms with E-state index >= 15 is 0 Å². The molecule has 0 spiro atoms. The summed E-state index contributed by atoms with van der Waals surface area (Å²) in [5, 5.41) is 10.6. The molecule has 4 aliphatic carbocycles. The Balaban J connectivity index is 1.59.